The number of nitrogens with one attached hydrogen (secondary N) is 2. The topological polar surface area (TPSA) is 157 Å². The van der Waals surface area contributed by atoms with Crippen LogP contribution in [0.5, 0.6) is 0 Å². The van der Waals surface area contributed by atoms with Gasteiger partial charge in [-0.15, -0.1) is 6.42 Å². The maximum Gasteiger partial charge on any atom is 0.408 e. The van der Waals surface area contributed by atoms with E-state index in [1.165, 1.54) is 12.1 Å². The normalized spacial score (nSPS) is 13.1. The number of amides is 4. The Morgan fingerprint density at radius 1 is 0.844 bits per heavy atom. The third kappa shape index (κ3) is 11.7. The molecule has 0 aliphatic rings. The number of carbonyl (C=O) groups excluding carboxylic acids is 5. The van der Waals surface area contributed by atoms with Gasteiger partial charge in [0.25, 0.3) is 5.91 Å². The number of nitrogens with zero attached hydrogens (tertiary/aromatic N) is 1. The van der Waals surface area contributed by atoms with Gasteiger partial charge in [-0.3, -0.25) is 19.3 Å². The quantitative estimate of drug-likeness (QED) is 0.199. The smallest absolute Gasteiger partial charge is 0.408 e. The number of terminal acetylenes is 2. The van der Waals surface area contributed by atoms with E-state index in [0.717, 1.165) is 10.5 Å². The Bertz CT molecular complexity index is 1460. The monoisotopic (exact) mass is 616 g/mol. The first-order valence-electron chi connectivity index (χ1n) is 14.1. The van der Waals surface area contributed by atoms with Gasteiger partial charge in [0.05, 0.1) is 6.42 Å². The van der Waals surface area contributed by atoms with Crippen molar-refractivity contribution in [2.75, 3.05) is 0 Å². The Morgan fingerprint density at radius 2 is 1.42 bits per heavy atom. The Hall–Kier alpha value is -5.29. The van der Waals surface area contributed by atoms with Crippen molar-refractivity contribution in [3.63, 3.8) is 0 Å². The van der Waals surface area contributed by atoms with Crippen LogP contribution >= 0.6 is 0 Å². The molecular formula is C34H40N4O7. The van der Waals surface area contributed by atoms with Crippen molar-refractivity contribution in [1.29, 1.82) is 0 Å². The SMILES string of the molecule is C#Cc1ccc(C(C(=O)NC(Cc2ccccc2)C(=O)OC(C)(C)C)N(C#C)C(=O)C(CC(N)=O)NC(=O)OC(C)(C)C)cc1. The van der Waals surface area contributed by atoms with Crippen molar-refractivity contribution in [3.8, 4) is 24.8 Å². The number of hydrogen-bond donors (Lipinski definition) is 3. The molecule has 2 rings (SSSR count). The van der Waals surface area contributed by atoms with E-state index in [1.807, 2.05) is 6.07 Å². The maximum absolute atomic E-state index is 14.1. The molecule has 4 amide bonds. The molecule has 0 bridgehead atoms. The van der Waals surface area contributed by atoms with Crippen LogP contribution in [0.25, 0.3) is 0 Å². The van der Waals surface area contributed by atoms with Crippen molar-refractivity contribution < 1.29 is 33.4 Å². The summed E-state index contributed by atoms with van der Waals surface area (Å²) in [4.78, 5) is 66.4. The maximum atomic E-state index is 14.1. The molecule has 0 fully saturated rings. The molecule has 0 saturated carbocycles. The second-order valence-electron chi connectivity index (χ2n) is 12.2. The third-order valence-corrected chi connectivity index (χ3v) is 5.96. The molecule has 2 aromatic rings. The molecule has 3 atom stereocenters. The minimum Gasteiger partial charge on any atom is -0.458 e. The lowest BCUT2D eigenvalue weighted by atomic mass is 10.00. The second kappa shape index (κ2) is 15.4. The van der Waals surface area contributed by atoms with Gasteiger partial charge in [-0.05, 0) is 64.8 Å². The molecule has 11 nitrogen and oxygen atoms in total. The molecule has 3 unspecified atom stereocenters. The summed E-state index contributed by atoms with van der Waals surface area (Å²) in [6, 6.07) is 12.9. The molecule has 4 N–H and O–H groups in total. The molecule has 0 aliphatic heterocycles. The molecule has 0 saturated heterocycles. The minimum absolute atomic E-state index is 0.0682. The number of rotatable bonds is 11. The van der Waals surface area contributed by atoms with E-state index in [1.54, 1.807) is 77.9 Å². The minimum atomic E-state index is -1.58. The number of nitrogens with two attached hydrogens (primary N) is 1. The van der Waals surface area contributed by atoms with Gasteiger partial charge in [0, 0.05) is 18.0 Å². The fraction of sp³-hybridized carbons (Fsp3) is 0.382. The Labute approximate surface area is 264 Å². The molecule has 45 heavy (non-hydrogen) atoms. The van der Waals surface area contributed by atoms with Gasteiger partial charge < -0.3 is 25.8 Å². The van der Waals surface area contributed by atoms with Crippen LogP contribution in [0.15, 0.2) is 54.6 Å². The number of benzene rings is 2. The Morgan fingerprint density at radius 3 is 1.91 bits per heavy atom. The lowest BCUT2D eigenvalue weighted by Gasteiger charge is -2.31. The largest absolute Gasteiger partial charge is 0.458 e. The van der Waals surface area contributed by atoms with Crippen LogP contribution in [-0.4, -0.2) is 58.0 Å². The number of hydrogen-bond acceptors (Lipinski definition) is 7. The first-order chi connectivity index (χ1) is 20.9. The van der Waals surface area contributed by atoms with Crippen LogP contribution in [0.1, 0.15) is 70.7 Å². The first kappa shape index (κ1) is 35.9. The summed E-state index contributed by atoms with van der Waals surface area (Å²) in [6.07, 6.45) is 9.71. The van der Waals surface area contributed by atoms with Crippen molar-refractivity contribution in [2.24, 2.45) is 5.73 Å². The summed E-state index contributed by atoms with van der Waals surface area (Å²) >= 11 is 0. The average Bonchev–Trinajstić information content (AvgIpc) is 2.93. The zero-order chi connectivity index (χ0) is 33.9. The highest BCUT2D eigenvalue weighted by Crippen LogP contribution is 2.24. The molecule has 0 spiro atoms. The van der Waals surface area contributed by atoms with E-state index in [4.69, 9.17) is 28.1 Å². The van der Waals surface area contributed by atoms with Crippen molar-refractivity contribution in [3.05, 3.63) is 71.3 Å². The lowest BCUT2D eigenvalue weighted by Crippen LogP contribution is -2.54. The van der Waals surface area contributed by atoms with Gasteiger partial charge in [0.15, 0.2) is 0 Å². The van der Waals surface area contributed by atoms with Gasteiger partial charge in [-0.25, -0.2) is 9.59 Å². The number of carbonyl (C=O) groups is 5. The van der Waals surface area contributed by atoms with E-state index >= 15 is 0 Å². The number of alkyl carbamates (subject to hydrolysis) is 1. The molecule has 2 aromatic carbocycles. The highest BCUT2D eigenvalue weighted by atomic mass is 16.6. The second-order valence-corrected chi connectivity index (χ2v) is 12.2. The molecule has 0 aromatic heterocycles. The molecule has 0 heterocycles. The van der Waals surface area contributed by atoms with Crippen LogP contribution in [0.4, 0.5) is 4.79 Å². The molecule has 11 heteroatoms. The van der Waals surface area contributed by atoms with E-state index in [2.05, 4.69) is 22.6 Å². The first-order valence-corrected chi connectivity index (χ1v) is 14.1. The van der Waals surface area contributed by atoms with Crippen molar-refractivity contribution in [2.45, 2.75) is 83.7 Å². The number of ether oxygens (including phenoxy) is 2. The number of esters is 1. The Balaban J connectivity index is 2.57. The zero-order valence-electron chi connectivity index (χ0n) is 26.4. The van der Waals surface area contributed by atoms with Crippen molar-refractivity contribution in [1.82, 2.24) is 15.5 Å². The zero-order valence-corrected chi connectivity index (χ0v) is 26.4. The molecule has 0 radical (unpaired) electrons. The predicted octanol–water partition coefficient (Wildman–Crippen LogP) is 2.97. The highest BCUT2D eigenvalue weighted by molar-refractivity contribution is 5.96. The average molecular weight is 617 g/mol. The van der Waals surface area contributed by atoms with Crippen LogP contribution in [-0.2, 0) is 35.1 Å². The van der Waals surface area contributed by atoms with Crippen molar-refractivity contribution >= 4 is 29.8 Å². The van der Waals surface area contributed by atoms with Crippen LogP contribution in [0, 0.1) is 24.8 Å². The van der Waals surface area contributed by atoms with Gasteiger partial charge in [0.2, 0.25) is 11.8 Å². The molecule has 238 valence electrons. The summed E-state index contributed by atoms with van der Waals surface area (Å²) in [5.74, 6) is -1.00. The standard InChI is InChI=1S/C34H40N4O7/c1-9-22-16-18-24(19-17-22)28(38(10-2)30(41)25(21-27(35)39)37-32(43)45-34(6,7)8)29(40)36-26(31(42)44-33(3,4)5)20-23-14-12-11-13-15-23/h1-2,11-19,25-26,28H,20-21H2,3-8H3,(H2,35,39)(H,36,40)(H,37,43). The molecular weight excluding hydrogens is 576 g/mol. The summed E-state index contributed by atoms with van der Waals surface area (Å²) in [5, 5.41) is 5.01. The summed E-state index contributed by atoms with van der Waals surface area (Å²) in [7, 11) is 0. The summed E-state index contributed by atoms with van der Waals surface area (Å²) < 4.78 is 10.8. The van der Waals surface area contributed by atoms with Crippen LogP contribution in [0.2, 0.25) is 0 Å². The molecule has 0 aliphatic carbocycles. The summed E-state index contributed by atoms with van der Waals surface area (Å²) in [6.45, 7) is 9.91. The predicted molar refractivity (Wildman–Crippen MR) is 168 cm³/mol. The van der Waals surface area contributed by atoms with E-state index < -0.39 is 65.5 Å². The van der Waals surface area contributed by atoms with Gasteiger partial charge >= 0.3 is 12.1 Å². The fourth-order valence-corrected chi connectivity index (χ4v) is 4.13. The van der Waals surface area contributed by atoms with Crippen LogP contribution in [0.3, 0.4) is 0 Å². The lowest BCUT2D eigenvalue weighted by molar-refractivity contribution is -0.159. The number of primary amides is 1. The Kier molecular flexibility index (Phi) is 12.3. The van der Waals surface area contributed by atoms with E-state index in [9.17, 15) is 24.0 Å². The van der Waals surface area contributed by atoms with Gasteiger partial charge in [-0.2, -0.15) is 0 Å². The third-order valence-electron chi connectivity index (χ3n) is 5.96. The van der Waals surface area contributed by atoms with E-state index in [0.29, 0.717) is 5.56 Å². The van der Waals surface area contributed by atoms with E-state index in [-0.39, 0.29) is 12.0 Å². The highest BCUT2D eigenvalue weighted by Gasteiger charge is 2.38. The van der Waals surface area contributed by atoms with Gasteiger partial charge in [-0.1, -0.05) is 54.8 Å². The van der Waals surface area contributed by atoms with Gasteiger partial charge in [0.1, 0.15) is 29.3 Å². The van der Waals surface area contributed by atoms with Crippen LogP contribution < -0.4 is 16.4 Å². The summed E-state index contributed by atoms with van der Waals surface area (Å²) in [5.41, 5.74) is 5.04. The fourth-order valence-electron chi connectivity index (χ4n) is 4.13.